The fourth-order valence-electron chi connectivity index (χ4n) is 2.95. The maximum absolute atomic E-state index is 12.3. The predicted octanol–water partition coefficient (Wildman–Crippen LogP) is 3.91. The highest BCUT2D eigenvalue weighted by molar-refractivity contribution is 5.94. The van der Waals surface area contributed by atoms with Crippen LogP contribution in [-0.2, 0) is 7.05 Å². The van der Waals surface area contributed by atoms with Crippen molar-refractivity contribution in [3.05, 3.63) is 66.5 Å². The summed E-state index contributed by atoms with van der Waals surface area (Å²) in [6.07, 6.45) is -0.915. The smallest absolute Gasteiger partial charge is 0.343 e. The number of carbonyl (C=O) groups is 1. The molecule has 1 amide bonds. The lowest BCUT2D eigenvalue weighted by Crippen LogP contribution is -2.33. The van der Waals surface area contributed by atoms with E-state index in [0.717, 1.165) is 16.8 Å². The number of aromatic nitrogens is 5. The first-order valence-corrected chi connectivity index (χ1v) is 9.51. The summed E-state index contributed by atoms with van der Waals surface area (Å²) >= 11 is 0. The topological polar surface area (TPSA) is 101 Å². The second-order valence-corrected chi connectivity index (χ2v) is 6.95. The van der Waals surface area contributed by atoms with Crippen LogP contribution >= 0.6 is 0 Å². The Balaban J connectivity index is 1.44. The molecule has 0 saturated heterocycles. The van der Waals surface area contributed by atoms with Gasteiger partial charge in [0.15, 0.2) is 5.82 Å². The first-order valence-electron chi connectivity index (χ1n) is 9.51. The molecule has 8 nitrogen and oxygen atoms in total. The number of aryl methyl sites for hydroxylation is 1. The summed E-state index contributed by atoms with van der Waals surface area (Å²) in [5.41, 5.74) is 3.55. The van der Waals surface area contributed by atoms with E-state index in [1.54, 1.807) is 30.1 Å². The Morgan fingerprint density at radius 2 is 1.72 bits per heavy atom. The van der Waals surface area contributed by atoms with Gasteiger partial charge in [0.1, 0.15) is 6.54 Å². The number of rotatable bonds is 6. The van der Waals surface area contributed by atoms with E-state index in [0.29, 0.717) is 17.3 Å². The second kappa shape index (κ2) is 8.53. The summed E-state index contributed by atoms with van der Waals surface area (Å²) in [5, 5.41) is 16.1. The van der Waals surface area contributed by atoms with Gasteiger partial charge in [-0.05, 0) is 29.8 Å². The molecule has 0 fully saturated rings. The van der Waals surface area contributed by atoms with Gasteiger partial charge in [0.2, 0.25) is 5.95 Å². The minimum atomic E-state index is -4.46. The Kier molecular flexibility index (Phi) is 5.63. The molecule has 2 aromatic heterocycles. The number of hydrogen-bond acceptors (Lipinski definition) is 5. The minimum absolute atomic E-state index is 0.116. The van der Waals surface area contributed by atoms with Crippen molar-refractivity contribution >= 4 is 17.5 Å². The van der Waals surface area contributed by atoms with Crippen LogP contribution in [-0.4, -0.2) is 43.6 Å². The number of aromatic amines is 1. The number of H-pyrrole nitrogens is 1. The lowest BCUT2D eigenvalue weighted by Gasteiger charge is -2.08. The largest absolute Gasteiger partial charge is 0.405 e. The third kappa shape index (κ3) is 4.94. The SMILES string of the molecule is Cn1nc(-c2ccc(C(=O)NCC(F)(F)F)cc2)nc1Nc1ccc(-c2cn[nH]c2)cc1. The Labute approximate surface area is 180 Å². The van der Waals surface area contributed by atoms with E-state index in [-0.39, 0.29) is 5.56 Å². The molecule has 0 atom stereocenters. The number of carbonyl (C=O) groups excluding carboxylic acids is 1. The molecule has 11 heteroatoms. The van der Waals surface area contributed by atoms with Gasteiger partial charge in [-0.25, -0.2) is 4.68 Å². The lowest BCUT2D eigenvalue weighted by atomic mass is 10.1. The molecule has 32 heavy (non-hydrogen) atoms. The number of amides is 1. The van der Waals surface area contributed by atoms with E-state index in [4.69, 9.17) is 0 Å². The third-order valence-electron chi connectivity index (χ3n) is 4.59. The summed E-state index contributed by atoms with van der Waals surface area (Å²) in [7, 11) is 1.73. The third-order valence-corrected chi connectivity index (χ3v) is 4.59. The molecule has 0 unspecified atom stereocenters. The van der Waals surface area contributed by atoms with Crippen LogP contribution in [0.1, 0.15) is 10.4 Å². The van der Waals surface area contributed by atoms with Gasteiger partial charge in [-0.2, -0.15) is 23.3 Å². The van der Waals surface area contributed by atoms with Gasteiger partial charge < -0.3 is 10.6 Å². The van der Waals surface area contributed by atoms with Crippen LogP contribution in [0.2, 0.25) is 0 Å². The van der Waals surface area contributed by atoms with Crippen LogP contribution in [0.15, 0.2) is 60.9 Å². The minimum Gasteiger partial charge on any atom is -0.343 e. The number of nitrogens with one attached hydrogen (secondary N) is 3. The van der Waals surface area contributed by atoms with Gasteiger partial charge >= 0.3 is 6.18 Å². The second-order valence-electron chi connectivity index (χ2n) is 6.95. The van der Waals surface area contributed by atoms with Crippen LogP contribution in [0.5, 0.6) is 0 Å². The van der Waals surface area contributed by atoms with Gasteiger partial charge in [-0.3, -0.25) is 9.89 Å². The fourth-order valence-corrected chi connectivity index (χ4v) is 2.95. The van der Waals surface area contributed by atoms with Crippen LogP contribution in [0, 0.1) is 0 Å². The van der Waals surface area contributed by atoms with E-state index in [2.05, 4.69) is 25.6 Å². The highest BCUT2D eigenvalue weighted by Crippen LogP contribution is 2.24. The van der Waals surface area contributed by atoms with Crippen molar-refractivity contribution in [3.63, 3.8) is 0 Å². The molecule has 0 spiro atoms. The summed E-state index contributed by atoms with van der Waals surface area (Å²) in [5.74, 6) is 0.111. The van der Waals surface area contributed by atoms with Crippen molar-refractivity contribution in [3.8, 4) is 22.5 Å². The molecule has 0 radical (unpaired) electrons. The molecule has 4 rings (SSSR count). The Morgan fingerprint density at radius 3 is 2.34 bits per heavy atom. The molecule has 2 aromatic carbocycles. The standard InChI is InChI=1S/C21H18F3N7O/c1-31-20(28-17-8-6-13(7-9-17)16-10-26-27-11-16)29-18(30-31)14-2-4-15(5-3-14)19(32)25-12-21(22,23)24/h2-11H,12H2,1H3,(H,25,32)(H,26,27)(H,28,29,30). The van der Waals surface area contributed by atoms with Crippen molar-refractivity contribution in [2.75, 3.05) is 11.9 Å². The predicted molar refractivity (Wildman–Crippen MR) is 112 cm³/mol. The zero-order valence-corrected chi connectivity index (χ0v) is 16.8. The highest BCUT2D eigenvalue weighted by atomic mass is 19.4. The number of benzene rings is 2. The number of nitrogens with zero attached hydrogens (tertiary/aromatic N) is 4. The van der Waals surface area contributed by atoms with Gasteiger partial charge in [-0.15, -0.1) is 5.10 Å². The quantitative estimate of drug-likeness (QED) is 0.421. The fraction of sp³-hybridized carbons (Fsp3) is 0.143. The van der Waals surface area contributed by atoms with E-state index in [1.165, 1.54) is 12.1 Å². The molecule has 164 valence electrons. The Morgan fingerprint density at radius 1 is 1.03 bits per heavy atom. The van der Waals surface area contributed by atoms with Gasteiger partial charge in [-0.1, -0.05) is 24.3 Å². The van der Waals surface area contributed by atoms with Gasteiger partial charge in [0.25, 0.3) is 5.91 Å². The molecule has 0 aliphatic carbocycles. The maximum Gasteiger partial charge on any atom is 0.405 e. The molecule has 0 aliphatic rings. The Hall–Kier alpha value is -4.15. The van der Waals surface area contributed by atoms with E-state index < -0.39 is 18.6 Å². The lowest BCUT2D eigenvalue weighted by molar-refractivity contribution is -0.123. The van der Waals surface area contributed by atoms with Crippen molar-refractivity contribution < 1.29 is 18.0 Å². The first kappa shape index (κ1) is 21.1. The summed E-state index contributed by atoms with van der Waals surface area (Å²) in [6, 6.07) is 13.7. The molecule has 0 saturated carbocycles. The van der Waals surface area contributed by atoms with Crippen molar-refractivity contribution in [1.82, 2.24) is 30.3 Å². The highest BCUT2D eigenvalue weighted by Gasteiger charge is 2.27. The average Bonchev–Trinajstić information content (AvgIpc) is 3.43. The summed E-state index contributed by atoms with van der Waals surface area (Å²) in [6.45, 7) is -1.38. The van der Waals surface area contributed by atoms with Crippen LogP contribution in [0.3, 0.4) is 0 Å². The van der Waals surface area contributed by atoms with Crippen LogP contribution in [0.4, 0.5) is 24.8 Å². The average molecular weight is 441 g/mol. The van der Waals surface area contributed by atoms with E-state index in [9.17, 15) is 18.0 Å². The number of anilines is 2. The normalized spacial score (nSPS) is 11.4. The van der Waals surface area contributed by atoms with E-state index >= 15 is 0 Å². The molecule has 0 aliphatic heterocycles. The zero-order chi connectivity index (χ0) is 22.7. The monoisotopic (exact) mass is 441 g/mol. The summed E-state index contributed by atoms with van der Waals surface area (Å²) < 4.78 is 38.3. The van der Waals surface area contributed by atoms with Crippen LogP contribution in [0.25, 0.3) is 22.5 Å². The molecular formula is C21H18F3N7O. The molecule has 3 N–H and O–H groups in total. The number of hydrogen-bond donors (Lipinski definition) is 3. The molecule has 4 aromatic rings. The first-order chi connectivity index (χ1) is 15.3. The number of alkyl halides is 3. The van der Waals surface area contributed by atoms with Crippen molar-refractivity contribution in [2.45, 2.75) is 6.18 Å². The van der Waals surface area contributed by atoms with Gasteiger partial charge in [0, 0.05) is 35.6 Å². The number of halogens is 3. The van der Waals surface area contributed by atoms with Crippen molar-refractivity contribution in [1.29, 1.82) is 0 Å². The van der Waals surface area contributed by atoms with Crippen molar-refractivity contribution in [2.24, 2.45) is 7.05 Å². The maximum atomic E-state index is 12.3. The van der Waals surface area contributed by atoms with Gasteiger partial charge in [0.05, 0.1) is 6.20 Å². The molecular weight excluding hydrogens is 423 g/mol. The molecule has 0 bridgehead atoms. The Bertz CT molecular complexity index is 1200. The molecule has 2 heterocycles. The van der Waals surface area contributed by atoms with Crippen LogP contribution < -0.4 is 10.6 Å². The zero-order valence-electron chi connectivity index (χ0n) is 16.8. The van der Waals surface area contributed by atoms with E-state index in [1.807, 2.05) is 35.8 Å². The summed E-state index contributed by atoms with van der Waals surface area (Å²) in [4.78, 5) is 16.3.